The minimum atomic E-state index is -0.186. The second-order valence-corrected chi connectivity index (χ2v) is 4.25. The third-order valence-corrected chi connectivity index (χ3v) is 2.94. The molecule has 0 bridgehead atoms. The Morgan fingerprint density at radius 2 is 2.00 bits per heavy atom. The zero-order valence-corrected chi connectivity index (χ0v) is 9.19. The molecule has 0 spiro atoms. The standard InChI is InChI=1S/C11H16FNS/c1-14-7-6-10(8-13)9-2-4-11(12)5-3-9/h2-5,10H,6-8,13H2,1H3. The molecule has 0 amide bonds. The van der Waals surface area contributed by atoms with Crippen molar-refractivity contribution in [1.29, 1.82) is 0 Å². The third-order valence-electron chi connectivity index (χ3n) is 2.30. The van der Waals surface area contributed by atoms with Gasteiger partial charge < -0.3 is 5.73 Å². The summed E-state index contributed by atoms with van der Waals surface area (Å²) in [6, 6.07) is 6.65. The highest BCUT2D eigenvalue weighted by atomic mass is 32.2. The molecule has 1 atom stereocenters. The van der Waals surface area contributed by atoms with Crippen LogP contribution < -0.4 is 5.73 Å². The fraction of sp³-hybridized carbons (Fsp3) is 0.455. The molecule has 0 aliphatic heterocycles. The van der Waals surface area contributed by atoms with Crippen LogP contribution in [0.1, 0.15) is 17.9 Å². The number of hydrogen-bond acceptors (Lipinski definition) is 2. The Balaban J connectivity index is 2.64. The van der Waals surface area contributed by atoms with Gasteiger partial charge in [-0.2, -0.15) is 11.8 Å². The van der Waals surface area contributed by atoms with Crippen molar-refractivity contribution < 1.29 is 4.39 Å². The van der Waals surface area contributed by atoms with Crippen molar-refractivity contribution >= 4 is 11.8 Å². The van der Waals surface area contributed by atoms with Gasteiger partial charge in [0.05, 0.1) is 0 Å². The van der Waals surface area contributed by atoms with Crippen molar-refractivity contribution in [2.24, 2.45) is 5.73 Å². The summed E-state index contributed by atoms with van der Waals surface area (Å²) in [6.07, 6.45) is 3.14. The first-order chi connectivity index (χ1) is 6.77. The maximum atomic E-state index is 12.7. The number of hydrogen-bond donors (Lipinski definition) is 1. The minimum absolute atomic E-state index is 0.186. The maximum Gasteiger partial charge on any atom is 0.123 e. The van der Waals surface area contributed by atoms with E-state index in [0.29, 0.717) is 12.5 Å². The number of nitrogens with two attached hydrogens (primary N) is 1. The first-order valence-corrected chi connectivity index (χ1v) is 6.11. The van der Waals surface area contributed by atoms with E-state index in [4.69, 9.17) is 5.73 Å². The highest BCUT2D eigenvalue weighted by molar-refractivity contribution is 7.98. The molecule has 3 heteroatoms. The van der Waals surface area contributed by atoms with Gasteiger partial charge in [0, 0.05) is 0 Å². The van der Waals surface area contributed by atoms with Crippen LogP contribution in [-0.4, -0.2) is 18.6 Å². The zero-order valence-electron chi connectivity index (χ0n) is 8.37. The molecule has 2 N–H and O–H groups in total. The van der Waals surface area contributed by atoms with Gasteiger partial charge in [-0.25, -0.2) is 4.39 Å². The average Bonchev–Trinajstić information content (AvgIpc) is 2.21. The summed E-state index contributed by atoms with van der Waals surface area (Å²) in [7, 11) is 0. The highest BCUT2D eigenvalue weighted by Crippen LogP contribution is 2.20. The second-order valence-electron chi connectivity index (χ2n) is 3.27. The van der Waals surface area contributed by atoms with Gasteiger partial charge in [0.15, 0.2) is 0 Å². The topological polar surface area (TPSA) is 26.0 Å². The van der Waals surface area contributed by atoms with E-state index in [1.165, 1.54) is 12.1 Å². The predicted octanol–water partition coefficient (Wildman–Crippen LogP) is 2.62. The largest absolute Gasteiger partial charge is 0.330 e. The number of benzene rings is 1. The van der Waals surface area contributed by atoms with Crippen LogP contribution in [0.25, 0.3) is 0 Å². The monoisotopic (exact) mass is 213 g/mol. The lowest BCUT2D eigenvalue weighted by Crippen LogP contribution is -2.13. The lowest BCUT2D eigenvalue weighted by molar-refractivity contribution is 0.622. The highest BCUT2D eigenvalue weighted by Gasteiger charge is 2.08. The Labute approximate surface area is 88.9 Å². The van der Waals surface area contributed by atoms with Gasteiger partial charge >= 0.3 is 0 Å². The number of rotatable bonds is 5. The van der Waals surface area contributed by atoms with Gasteiger partial charge in [0.25, 0.3) is 0 Å². The van der Waals surface area contributed by atoms with E-state index >= 15 is 0 Å². The zero-order chi connectivity index (χ0) is 10.4. The molecule has 0 aromatic heterocycles. The van der Waals surface area contributed by atoms with E-state index in [-0.39, 0.29) is 5.82 Å². The molecular weight excluding hydrogens is 197 g/mol. The lowest BCUT2D eigenvalue weighted by Gasteiger charge is -2.14. The molecular formula is C11H16FNS. The Bertz CT molecular complexity index is 260. The van der Waals surface area contributed by atoms with Gasteiger partial charge in [-0.3, -0.25) is 0 Å². The molecule has 1 aromatic carbocycles. The van der Waals surface area contributed by atoms with E-state index in [9.17, 15) is 4.39 Å². The summed E-state index contributed by atoms with van der Waals surface area (Å²) in [5.74, 6) is 1.27. The molecule has 1 rings (SSSR count). The molecule has 0 fully saturated rings. The van der Waals surface area contributed by atoms with E-state index in [1.807, 2.05) is 23.9 Å². The lowest BCUT2D eigenvalue weighted by atomic mass is 9.97. The van der Waals surface area contributed by atoms with Crippen molar-refractivity contribution in [2.45, 2.75) is 12.3 Å². The van der Waals surface area contributed by atoms with Gasteiger partial charge in [-0.15, -0.1) is 0 Å². The van der Waals surface area contributed by atoms with Crippen LogP contribution in [0.4, 0.5) is 4.39 Å². The van der Waals surface area contributed by atoms with Gasteiger partial charge in [-0.05, 0) is 48.6 Å². The Hall–Kier alpha value is -0.540. The molecule has 1 unspecified atom stereocenters. The second kappa shape index (κ2) is 6.04. The molecule has 1 aromatic rings. The predicted molar refractivity (Wildman–Crippen MR) is 61.2 cm³/mol. The SMILES string of the molecule is CSCCC(CN)c1ccc(F)cc1. The fourth-order valence-corrected chi connectivity index (χ4v) is 1.94. The van der Waals surface area contributed by atoms with E-state index in [1.54, 1.807) is 0 Å². The Morgan fingerprint density at radius 1 is 1.36 bits per heavy atom. The molecule has 0 saturated carbocycles. The molecule has 78 valence electrons. The van der Waals surface area contributed by atoms with Crippen LogP contribution in [-0.2, 0) is 0 Å². The summed E-state index contributed by atoms with van der Waals surface area (Å²) in [6.45, 7) is 0.631. The van der Waals surface area contributed by atoms with E-state index in [2.05, 4.69) is 6.26 Å². The van der Waals surface area contributed by atoms with Crippen molar-refractivity contribution in [3.8, 4) is 0 Å². The minimum Gasteiger partial charge on any atom is -0.330 e. The molecule has 0 aliphatic rings. The van der Waals surface area contributed by atoms with Gasteiger partial charge in [0.2, 0.25) is 0 Å². The van der Waals surface area contributed by atoms with Crippen LogP contribution in [0.5, 0.6) is 0 Å². The molecule has 0 radical (unpaired) electrons. The maximum absolute atomic E-state index is 12.7. The van der Waals surface area contributed by atoms with Crippen LogP contribution in [0.15, 0.2) is 24.3 Å². The van der Waals surface area contributed by atoms with Gasteiger partial charge in [0.1, 0.15) is 5.82 Å². The third kappa shape index (κ3) is 3.31. The van der Waals surface area contributed by atoms with Crippen LogP contribution in [0.3, 0.4) is 0 Å². The number of thioether (sulfide) groups is 1. The van der Waals surface area contributed by atoms with E-state index in [0.717, 1.165) is 17.7 Å². The molecule has 0 aliphatic carbocycles. The van der Waals surface area contributed by atoms with Crippen molar-refractivity contribution in [2.75, 3.05) is 18.6 Å². The summed E-state index contributed by atoms with van der Waals surface area (Å²) in [5, 5.41) is 0. The van der Waals surface area contributed by atoms with Crippen molar-refractivity contribution in [1.82, 2.24) is 0 Å². The quantitative estimate of drug-likeness (QED) is 0.813. The molecule has 14 heavy (non-hydrogen) atoms. The van der Waals surface area contributed by atoms with Crippen molar-refractivity contribution in [3.05, 3.63) is 35.6 Å². The normalized spacial score (nSPS) is 12.8. The van der Waals surface area contributed by atoms with Crippen LogP contribution in [0.2, 0.25) is 0 Å². The first-order valence-electron chi connectivity index (χ1n) is 4.72. The molecule has 0 heterocycles. The van der Waals surface area contributed by atoms with Crippen LogP contribution >= 0.6 is 11.8 Å². The summed E-state index contributed by atoms with van der Waals surface area (Å²) in [4.78, 5) is 0. The summed E-state index contributed by atoms with van der Waals surface area (Å²) in [5.41, 5.74) is 6.82. The first kappa shape index (κ1) is 11.5. The number of halogens is 1. The molecule has 0 saturated heterocycles. The summed E-state index contributed by atoms with van der Waals surface area (Å²) >= 11 is 1.81. The average molecular weight is 213 g/mol. The van der Waals surface area contributed by atoms with Gasteiger partial charge in [-0.1, -0.05) is 12.1 Å². The van der Waals surface area contributed by atoms with E-state index < -0.39 is 0 Å². The van der Waals surface area contributed by atoms with Crippen molar-refractivity contribution in [3.63, 3.8) is 0 Å². The Kier molecular flexibility index (Phi) is 4.98. The summed E-state index contributed by atoms with van der Waals surface area (Å²) < 4.78 is 12.7. The Morgan fingerprint density at radius 3 is 2.50 bits per heavy atom. The van der Waals surface area contributed by atoms with Crippen LogP contribution in [0, 0.1) is 5.82 Å². The smallest absolute Gasteiger partial charge is 0.123 e. The fourth-order valence-electron chi connectivity index (χ4n) is 1.42. The molecule has 1 nitrogen and oxygen atoms in total.